The standard InChI is InChI=1S/C21H20N2O5/c1-2-27-21(26)15-9-7-14(8-10-15)13-28-19(24)12-11-18-20(25)23-17-6-4-3-5-16(17)22-18/h3-10H,2,11-13H2,1H3,(H,23,25). The molecule has 3 aromatic rings. The summed E-state index contributed by atoms with van der Waals surface area (Å²) in [5.74, 6) is -0.817. The summed E-state index contributed by atoms with van der Waals surface area (Å²) in [4.78, 5) is 42.7. The zero-order chi connectivity index (χ0) is 19.9. The minimum absolute atomic E-state index is 0.0509. The fourth-order valence-corrected chi connectivity index (χ4v) is 2.64. The number of fused-ring (bicyclic) bond motifs is 1. The summed E-state index contributed by atoms with van der Waals surface area (Å²) in [7, 11) is 0. The fraction of sp³-hybridized carbons (Fsp3) is 0.238. The van der Waals surface area contributed by atoms with E-state index < -0.39 is 5.97 Å². The van der Waals surface area contributed by atoms with E-state index >= 15 is 0 Å². The number of hydrogen-bond acceptors (Lipinski definition) is 6. The van der Waals surface area contributed by atoms with Crippen molar-refractivity contribution in [2.45, 2.75) is 26.4 Å². The fourth-order valence-electron chi connectivity index (χ4n) is 2.64. The number of rotatable bonds is 7. The van der Waals surface area contributed by atoms with Crippen LogP contribution in [0.3, 0.4) is 0 Å². The van der Waals surface area contributed by atoms with E-state index in [4.69, 9.17) is 9.47 Å². The summed E-state index contributed by atoms with van der Waals surface area (Å²) >= 11 is 0. The van der Waals surface area contributed by atoms with E-state index in [2.05, 4.69) is 9.97 Å². The predicted octanol–water partition coefficient (Wildman–Crippen LogP) is 2.78. The first-order valence-electron chi connectivity index (χ1n) is 8.96. The number of aryl methyl sites for hydroxylation is 1. The Morgan fingerprint density at radius 3 is 2.54 bits per heavy atom. The highest BCUT2D eigenvalue weighted by atomic mass is 16.5. The van der Waals surface area contributed by atoms with Crippen LogP contribution in [0.2, 0.25) is 0 Å². The van der Waals surface area contributed by atoms with Gasteiger partial charge in [0.15, 0.2) is 0 Å². The van der Waals surface area contributed by atoms with Gasteiger partial charge in [-0.15, -0.1) is 0 Å². The maximum absolute atomic E-state index is 12.1. The van der Waals surface area contributed by atoms with Gasteiger partial charge in [0.1, 0.15) is 12.3 Å². The number of esters is 2. The first-order chi connectivity index (χ1) is 13.6. The highest BCUT2D eigenvalue weighted by Gasteiger charge is 2.10. The van der Waals surface area contributed by atoms with Gasteiger partial charge in [0.25, 0.3) is 5.56 Å². The number of nitrogens with one attached hydrogen (secondary N) is 1. The lowest BCUT2D eigenvalue weighted by atomic mass is 10.1. The number of nitrogens with zero attached hydrogens (tertiary/aromatic N) is 1. The van der Waals surface area contributed by atoms with Gasteiger partial charge in [-0.3, -0.25) is 9.59 Å². The van der Waals surface area contributed by atoms with E-state index in [-0.39, 0.29) is 31.0 Å². The number of aromatic nitrogens is 2. The quantitative estimate of drug-likeness (QED) is 0.633. The average Bonchev–Trinajstić information content (AvgIpc) is 2.71. The molecular formula is C21H20N2O5. The van der Waals surface area contributed by atoms with Crippen molar-refractivity contribution in [2.75, 3.05) is 6.61 Å². The summed E-state index contributed by atoms with van der Waals surface area (Å²) in [5, 5.41) is 0. The molecule has 0 amide bonds. The Morgan fingerprint density at radius 2 is 1.79 bits per heavy atom. The second kappa shape index (κ2) is 8.94. The number of hydrogen-bond donors (Lipinski definition) is 1. The van der Waals surface area contributed by atoms with Gasteiger partial charge in [-0.1, -0.05) is 24.3 Å². The van der Waals surface area contributed by atoms with Crippen molar-refractivity contribution in [1.82, 2.24) is 9.97 Å². The number of para-hydroxylation sites is 2. The molecule has 0 radical (unpaired) electrons. The number of H-pyrrole nitrogens is 1. The van der Waals surface area contributed by atoms with Gasteiger partial charge in [0.2, 0.25) is 0 Å². The lowest BCUT2D eigenvalue weighted by Crippen LogP contribution is -2.17. The Labute approximate surface area is 161 Å². The molecule has 0 spiro atoms. The molecule has 7 nitrogen and oxygen atoms in total. The van der Waals surface area contributed by atoms with Crippen LogP contribution >= 0.6 is 0 Å². The summed E-state index contributed by atoms with van der Waals surface area (Å²) < 4.78 is 10.1. The Hall–Kier alpha value is -3.48. The molecule has 28 heavy (non-hydrogen) atoms. The van der Waals surface area contributed by atoms with Crippen LogP contribution < -0.4 is 5.56 Å². The molecule has 0 atom stereocenters. The van der Waals surface area contributed by atoms with E-state index in [9.17, 15) is 14.4 Å². The zero-order valence-electron chi connectivity index (χ0n) is 15.4. The molecule has 0 bridgehead atoms. The van der Waals surface area contributed by atoms with Crippen molar-refractivity contribution < 1.29 is 19.1 Å². The molecule has 144 valence electrons. The second-order valence-corrected chi connectivity index (χ2v) is 6.11. The van der Waals surface area contributed by atoms with E-state index in [0.29, 0.717) is 28.9 Å². The van der Waals surface area contributed by atoms with Crippen molar-refractivity contribution >= 4 is 23.0 Å². The minimum atomic E-state index is -0.427. The summed E-state index contributed by atoms with van der Waals surface area (Å²) in [5.41, 5.74) is 2.52. The normalized spacial score (nSPS) is 10.6. The molecule has 0 unspecified atom stereocenters. The summed E-state index contributed by atoms with van der Waals surface area (Å²) in [6.45, 7) is 2.14. The smallest absolute Gasteiger partial charge is 0.338 e. The first-order valence-corrected chi connectivity index (χ1v) is 8.96. The van der Waals surface area contributed by atoms with Gasteiger partial charge >= 0.3 is 11.9 Å². The van der Waals surface area contributed by atoms with Crippen molar-refractivity contribution in [1.29, 1.82) is 0 Å². The molecular weight excluding hydrogens is 360 g/mol. The summed E-state index contributed by atoms with van der Waals surface area (Å²) in [6.07, 6.45) is 0.246. The van der Waals surface area contributed by atoms with E-state index in [1.54, 1.807) is 43.3 Å². The van der Waals surface area contributed by atoms with E-state index in [1.807, 2.05) is 12.1 Å². The highest BCUT2D eigenvalue weighted by molar-refractivity contribution is 5.89. The lowest BCUT2D eigenvalue weighted by molar-refractivity contribution is -0.144. The van der Waals surface area contributed by atoms with Crippen LogP contribution in [-0.2, 0) is 27.3 Å². The van der Waals surface area contributed by atoms with Crippen LogP contribution in [-0.4, -0.2) is 28.5 Å². The van der Waals surface area contributed by atoms with E-state index in [1.165, 1.54) is 0 Å². The molecule has 0 fully saturated rings. The van der Waals surface area contributed by atoms with Crippen LogP contribution in [0.15, 0.2) is 53.3 Å². The maximum Gasteiger partial charge on any atom is 0.338 e. The lowest BCUT2D eigenvalue weighted by Gasteiger charge is -2.06. The molecule has 3 rings (SSSR count). The monoisotopic (exact) mass is 380 g/mol. The molecule has 0 aliphatic carbocycles. The van der Waals surface area contributed by atoms with Crippen LogP contribution in [0.4, 0.5) is 0 Å². The van der Waals surface area contributed by atoms with Crippen molar-refractivity contribution in [3.63, 3.8) is 0 Å². The third kappa shape index (κ3) is 4.82. The molecule has 0 saturated carbocycles. The van der Waals surface area contributed by atoms with Gasteiger partial charge < -0.3 is 14.5 Å². The Balaban J connectivity index is 1.53. The van der Waals surface area contributed by atoms with Crippen LogP contribution in [0.1, 0.15) is 35.0 Å². The Kier molecular flexibility index (Phi) is 6.16. The predicted molar refractivity (Wildman–Crippen MR) is 103 cm³/mol. The molecule has 2 aromatic carbocycles. The average molecular weight is 380 g/mol. The second-order valence-electron chi connectivity index (χ2n) is 6.11. The third-order valence-electron chi connectivity index (χ3n) is 4.10. The maximum atomic E-state index is 12.1. The topological polar surface area (TPSA) is 98.3 Å². The molecule has 0 saturated heterocycles. The SMILES string of the molecule is CCOC(=O)c1ccc(COC(=O)CCc2nc3ccccc3[nH]c2=O)cc1. The highest BCUT2D eigenvalue weighted by Crippen LogP contribution is 2.09. The summed E-state index contributed by atoms with van der Waals surface area (Å²) in [6, 6.07) is 13.9. The van der Waals surface area contributed by atoms with Gasteiger partial charge in [-0.05, 0) is 36.8 Å². The number of ether oxygens (including phenoxy) is 2. The van der Waals surface area contributed by atoms with Gasteiger partial charge in [-0.25, -0.2) is 9.78 Å². The Bertz CT molecular complexity index is 1040. The van der Waals surface area contributed by atoms with Crippen LogP contribution in [0.25, 0.3) is 11.0 Å². The molecule has 1 N–H and O–H groups in total. The van der Waals surface area contributed by atoms with Crippen LogP contribution in [0, 0.1) is 0 Å². The first kappa shape index (κ1) is 19.3. The number of carbonyl (C=O) groups excluding carboxylic acids is 2. The van der Waals surface area contributed by atoms with Crippen LogP contribution in [0.5, 0.6) is 0 Å². The zero-order valence-corrected chi connectivity index (χ0v) is 15.4. The van der Waals surface area contributed by atoms with Crippen molar-refractivity contribution in [3.05, 3.63) is 75.7 Å². The third-order valence-corrected chi connectivity index (χ3v) is 4.10. The van der Waals surface area contributed by atoms with E-state index in [0.717, 1.165) is 5.56 Å². The molecule has 7 heteroatoms. The molecule has 1 heterocycles. The van der Waals surface area contributed by atoms with Gasteiger partial charge in [0.05, 0.1) is 29.6 Å². The van der Waals surface area contributed by atoms with Crippen molar-refractivity contribution in [3.8, 4) is 0 Å². The van der Waals surface area contributed by atoms with Crippen molar-refractivity contribution in [2.24, 2.45) is 0 Å². The minimum Gasteiger partial charge on any atom is -0.462 e. The number of aromatic amines is 1. The largest absolute Gasteiger partial charge is 0.462 e. The van der Waals surface area contributed by atoms with Gasteiger partial charge in [0, 0.05) is 6.42 Å². The molecule has 1 aromatic heterocycles. The number of benzene rings is 2. The molecule has 0 aliphatic heterocycles. The Morgan fingerprint density at radius 1 is 1.04 bits per heavy atom. The molecule has 0 aliphatic rings. The van der Waals surface area contributed by atoms with Gasteiger partial charge in [-0.2, -0.15) is 0 Å². The number of carbonyl (C=O) groups is 2.